The van der Waals surface area contributed by atoms with Crippen molar-refractivity contribution in [2.75, 3.05) is 18.9 Å². The third-order valence-corrected chi connectivity index (χ3v) is 4.13. The molecule has 1 aliphatic heterocycles. The molecule has 1 atom stereocenters. The average molecular weight is 278 g/mol. The Balaban J connectivity index is 1.62. The van der Waals surface area contributed by atoms with Gasteiger partial charge in [0.15, 0.2) is 5.17 Å². The van der Waals surface area contributed by atoms with Crippen molar-refractivity contribution in [3.8, 4) is 5.75 Å². The van der Waals surface area contributed by atoms with Gasteiger partial charge in [0, 0.05) is 24.8 Å². The lowest BCUT2D eigenvalue weighted by Crippen LogP contribution is -2.31. The Labute approximate surface area is 119 Å². The maximum atomic E-state index is 5.63. The van der Waals surface area contributed by atoms with E-state index < -0.39 is 0 Å². The molecule has 1 aliphatic rings. The fraction of sp³-hybridized carbons (Fsp3) is 0.533. The second kappa shape index (κ2) is 7.43. The van der Waals surface area contributed by atoms with Gasteiger partial charge < -0.3 is 10.1 Å². The Kier molecular flexibility index (Phi) is 5.58. The van der Waals surface area contributed by atoms with Crippen LogP contribution in [0.4, 0.5) is 0 Å². The molecule has 1 heterocycles. The summed E-state index contributed by atoms with van der Waals surface area (Å²) in [4.78, 5) is 4.58. The molecule has 0 saturated carbocycles. The first kappa shape index (κ1) is 14.3. The zero-order valence-electron chi connectivity index (χ0n) is 11.6. The maximum absolute atomic E-state index is 5.63. The highest BCUT2D eigenvalue weighted by Gasteiger charge is 2.22. The standard InChI is InChI=1S/C15H22N2OS/c1-12(2)14-11-19-15(17-14)16-9-6-10-18-13-7-4-3-5-8-13/h3-5,7-8,12,14H,6,9-11H2,1-2H3,(H,16,17). The van der Waals surface area contributed by atoms with Crippen LogP contribution in [0.3, 0.4) is 0 Å². The third kappa shape index (κ3) is 4.78. The van der Waals surface area contributed by atoms with Gasteiger partial charge in [-0.3, -0.25) is 4.99 Å². The molecule has 4 heteroatoms. The summed E-state index contributed by atoms with van der Waals surface area (Å²) in [6.07, 6.45) is 0.951. The summed E-state index contributed by atoms with van der Waals surface area (Å²) < 4.78 is 5.63. The van der Waals surface area contributed by atoms with Crippen LogP contribution in [0, 0.1) is 5.92 Å². The van der Waals surface area contributed by atoms with E-state index in [4.69, 9.17) is 4.74 Å². The van der Waals surface area contributed by atoms with Crippen LogP contribution in [0.15, 0.2) is 35.3 Å². The van der Waals surface area contributed by atoms with E-state index in [1.807, 2.05) is 42.1 Å². The molecule has 1 N–H and O–H groups in total. The van der Waals surface area contributed by atoms with Gasteiger partial charge in [0.2, 0.25) is 0 Å². The fourth-order valence-electron chi connectivity index (χ4n) is 1.81. The van der Waals surface area contributed by atoms with E-state index >= 15 is 0 Å². The number of ether oxygens (including phenoxy) is 1. The van der Waals surface area contributed by atoms with Crippen LogP contribution in [0.25, 0.3) is 0 Å². The van der Waals surface area contributed by atoms with Crippen molar-refractivity contribution in [3.63, 3.8) is 0 Å². The molecule has 0 amide bonds. The molecule has 0 radical (unpaired) electrons. The second-order valence-corrected chi connectivity index (χ2v) is 6.02. The number of nitrogens with zero attached hydrogens (tertiary/aromatic N) is 1. The van der Waals surface area contributed by atoms with Gasteiger partial charge in [-0.15, -0.1) is 0 Å². The van der Waals surface area contributed by atoms with Crippen molar-refractivity contribution in [2.45, 2.75) is 26.3 Å². The number of hydrogen-bond donors (Lipinski definition) is 1. The molecular formula is C15H22N2OS. The fourth-order valence-corrected chi connectivity index (χ4v) is 3.04. The predicted molar refractivity (Wildman–Crippen MR) is 83.1 cm³/mol. The molecule has 1 aromatic carbocycles. The summed E-state index contributed by atoms with van der Waals surface area (Å²) in [6, 6.07) is 10.5. The number of thioether (sulfide) groups is 1. The van der Waals surface area contributed by atoms with Crippen LogP contribution in [-0.2, 0) is 0 Å². The van der Waals surface area contributed by atoms with Crippen LogP contribution in [-0.4, -0.2) is 30.1 Å². The van der Waals surface area contributed by atoms with Gasteiger partial charge in [-0.05, 0) is 18.1 Å². The Hall–Kier alpha value is -1.16. The van der Waals surface area contributed by atoms with Gasteiger partial charge in [-0.1, -0.05) is 43.8 Å². The third-order valence-electron chi connectivity index (χ3n) is 3.08. The monoisotopic (exact) mass is 278 g/mol. The van der Waals surface area contributed by atoms with E-state index in [9.17, 15) is 0 Å². The Morgan fingerprint density at radius 1 is 1.37 bits per heavy atom. The van der Waals surface area contributed by atoms with E-state index in [0.29, 0.717) is 12.0 Å². The molecule has 0 aliphatic carbocycles. The molecule has 1 saturated heterocycles. The zero-order chi connectivity index (χ0) is 13.5. The highest BCUT2D eigenvalue weighted by molar-refractivity contribution is 8.14. The molecule has 1 fully saturated rings. The van der Waals surface area contributed by atoms with Crippen molar-refractivity contribution >= 4 is 16.9 Å². The largest absolute Gasteiger partial charge is 0.494 e. The highest BCUT2D eigenvalue weighted by Crippen LogP contribution is 2.19. The van der Waals surface area contributed by atoms with Crippen LogP contribution in [0.2, 0.25) is 0 Å². The average Bonchev–Trinajstić information content (AvgIpc) is 2.89. The molecule has 0 spiro atoms. The summed E-state index contributed by atoms with van der Waals surface area (Å²) in [5, 5.41) is 4.57. The molecule has 3 nitrogen and oxygen atoms in total. The lowest BCUT2D eigenvalue weighted by Gasteiger charge is -2.13. The van der Waals surface area contributed by atoms with E-state index in [1.54, 1.807) is 0 Å². The van der Waals surface area contributed by atoms with Crippen molar-refractivity contribution < 1.29 is 4.74 Å². The van der Waals surface area contributed by atoms with Crippen LogP contribution < -0.4 is 10.1 Å². The Morgan fingerprint density at radius 2 is 2.16 bits per heavy atom. The van der Waals surface area contributed by atoms with Crippen molar-refractivity contribution in [3.05, 3.63) is 30.3 Å². The van der Waals surface area contributed by atoms with Gasteiger partial charge in [-0.25, -0.2) is 0 Å². The predicted octanol–water partition coefficient (Wildman–Crippen LogP) is 3.17. The summed E-state index contributed by atoms with van der Waals surface area (Å²) in [5.74, 6) is 2.74. The molecule has 2 rings (SSSR count). The number of para-hydroxylation sites is 1. The van der Waals surface area contributed by atoms with Crippen molar-refractivity contribution in [1.82, 2.24) is 5.32 Å². The minimum atomic E-state index is 0.573. The molecule has 0 aromatic heterocycles. The first-order valence-electron chi connectivity index (χ1n) is 6.87. The molecule has 1 aromatic rings. The van der Waals surface area contributed by atoms with Crippen LogP contribution >= 0.6 is 11.8 Å². The number of hydrogen-bond acceptors (Lipinski definition) is 3. The Morgan fingerprint density at radius 3 is 2.84 bits per heavy atom. The zero-order valence-corrected chi connectivity index (χ0v) is 12.5. The molecule has 0 bridgehead atoms. The number of nitrogens with one attached hydrogen (secondary N) is 1. The van der Waals surface area contributed by atoms with Gasteiger partial charge in [0.05, 0.1) is 6.61 Å². The number of aliphatic imine (C=N–C) groups is 1. The number of amidine groups is 1. The van der Waals surface area contributed by atoms with Gasteiger partial charge in [-0.2, -0.15) is 0 Å². The summed E-state index contributed by atoms with van der Waals surface area (Å²) >= 11 is 1.83. The lowest BCUT2D eigenvalue weighted by atomic mass is 10.1. The SMILES string of the molecule is CC(C)C1CSC(=NCCCOc2ccccc2)N1. The van der Waals surface area contributed by atoms with Gasteiger partial charge in [0.25, 0.3) is 0 Å². The van der Waals surface area contributed by atoms with Crippen LogP contribution in [0.5, 0.6) is 5.75 Å². The topological polar surface area (TPSA) is 33.6 Å². The number of rotatable bonds is 6. The minimum absolute atomic E-state index is 0.573. The van der Waals surface area contributed by atoms with E-state index in [-0.39, 0.29) is 0 Å². The first-order chi connectivity index (χ1) is 9.25. The quantitative estimate of drug-likeness (QED) is 0.811. The second-order valence-electron chi connectivity index (χ2n) is 5.01. The Bertz CT molecular complexity index is 406. The lowest BCUT2D eigenvalue weighted by molar-refractivity contribution is 0.313. The highest BCUT2D eigenvalue weighted by atomic mass is 32.2. The summed E-state index contributed by atoms with van der Waals surface area (Å²) in [7, 11) is 0. The van der Waals surface area contributed by atoms with E-state index in [2.05, 4.69) is 24.2 Å². The summed E-state index contributed by atoms with van der Waals surface area (Å²) in [5.41, 5.74) is 0. The minimum Gasteiger partial charge on any atom is -0.494 e. The molecule has 104 valence electrons. The first-order valence-corrected chi connectivity index (χ1v) is 7.86. The van der Waals surface area contributed by atoms with Gasteiger partial charge in [0.1, 0.15) is 5.75 Å². The van der Waals surface area contributed by atoms with Gasteiger partial charge >= 0.3 is 0 Å². The van der Waals surface area contributed by atoms with Crippen molar-refractivity contribution in [1.29, 1.82) is 0 Å². The smallest absolute Gasteiger partial charge is 0.156 e. The normalized spacial score (nSPS) is 20.8. The van der Waals surface area contributed by atoms with Crippen LogP contribution in [0.1, 0.15) is 20.3 Å². The molecule has 1 unspecified atom stereocenters. The summed E-state index contributed by atoms with van der Waals surface area (Å²) in [6.45, 7) is 6.04. The number of benzene rings is 1. The maximum Gasteiger partial charge on any atom is 0.156 e. The van der Waals surface area contributed by atoms with Crippen molar-refractivity contribution in [2.24, 2.45) is 10.9 Å². The van der Waals surface area contributed by atoms with E-state index in [0.717, 1.165) is 36.2 Å². The molecule has 19 heavy (non-hydrogen) atoms. The molecular weight excluding hydrogens is 256 g/mol. The van der Waals surface area contributed by atoms with E-state index in [1.165, 1.54) is 0 Å².